The van der Waals surface area contributed by atoms with E-state index in [1.165, 1.54) is 37.1 Å². The molecular formula is C15H22N2O. The molecule has 3 heteroatoms. The highest BCUT2D eigenvalue weighted by atomic mass is 16.5. The van der Waals surface area contributed by atoms with Crippen LogP contribution in [0.15, 0.2) is 18.2 Å². The lowest BCUT2D eigenvalue weighted by atomic mass is 9.74. The molecule has 3 rings (SSSR count). The number of benzene rings is 1. The van der Waals surface area contributed by atoms with E-state index in [-0.39, 0.29) is 5.41 Å². The van der Waals surface area contributed by atoms with Gasteiger partial charge in [-0.05, 0) is 51.7 Å². The third-order valence-corrected chi connectivity index (χ3v) is 4.44. The summed E-state index contributed by atoms with van der Waals surface area (Å²) < 4.78 is 5.92. The fourth-order valence-electron chi connectivity index (χ4n) is 3.19. The van der Waals surface area contributed by atoms with Gasteiger partial charge in [-0.1, -0.05) is 12.1 Å². The number of rotatable bonds is 2. The normalized spacial score (nSPS) is 21.9. The lowest BCUT2D eigenvalue weighted by molar-refractivity contribution is 0.155. The molecule has 0 radical (unpaired) electrons. The van der Waals surface area contributed by atoms with Crippen LogP contribution in [-0.4, -0.2) is 38.7 Å². The fourth-order valence-corrected chi connectivity index (χ4v) is 3.19. The first-order valence-corrected chi connectivity index (χ1v) is 6.83. The molecule has 2 aliphatic heterocycles. The molecule has 0 aromatic heterocycles. The molecule has 0 bridgehead atoms. The van der Waals surface area contributed by atoms with Crippen molar-refractivity contribution in [1.82, 2.24) is 10.2 Å². The predicted octanol–water partition coefficient (Wildman–Crippen LogP) is 1.76. The van der Waals surface area contributed by atoms with Gasteiger partial charge < -0.3 is 15.0 Å². The highest BCUT2D eigenvalue weighted by molar-refractivity contribution is 5.46. The standard InChI is InChI=1S/C15H22N2O/c1-16-10-12-3-4-14-13(9-12)15(11-18-14)5-7-17(2)8-6-15/h3-4,9,16H,5-8,10-11H2,1-2H3. The maximum atomic E-state index is 5.92. The number of nitrogens with zero attached hydrogens (tertiary/aromatic N) is 1. The van der Waals surface area contributed by atoms with E-state index in [1.807, 2.05) is 7.05 Å². The Balaban J connectivity index is 1.92. The maximum Gasteiger partial charge on any atom is 0.123 e. The third kappa shape index (κ3) is 1.91. The molecule has 98 valence electrons. The largest absolute Gasteiger partial charge is 0.492 e. The van der Waals surface area contributed by atoms with Gasteiger partial charge in [-0.2, -0.15) is 0 Å². The molecule has 1 N–H and O–H groups in total. The Bertz CT molecular complexity index is 436. The van der Waals surface area contributed by atoms with E-state index in [0.29, 0.717) is 0 Å². The first-order chi connectivity index (χ1) is 8.73. The van der Waals surface area contributed by atoms with Crippen molar-refractivity contribution in [3.63, 3.8) is 0 Å². The summed E-state index contributed by atoms with van der Waals surface area (Å²) in [6, 6.07) is 6.67. The highest BCUT2D eigenvalue weighted by Crippen LogP contribution is 2.45. The topological polar surface area (TPSA) is 24.5 Å². The summed E-state index contributed by atoms with van der Waals surface area (Å²) in [6.45, 7) is 4.17. The molecule has 0 aliphatic carbocycles. The van der Waals surface area contributed by atoms with E-state index in [9.17, 15) is 0 Å². The second-order valence-corrected chi connectivity index (χ2v) is 5.73. The molecule has 1 spiro atoms. The van der Waals surface area contributed by atoms with Gasteiger partial charge in [0, 0.05) is 17.5 Å². The molecule has 2 heterocycles. The van der Waals surface area contributed by atoms with Crippen molar-refractivity contribution < 1.29 is 4.74 Å². The van der Waals surface area contributed by atoms with Crippen molar-refractivity contribution in [3.05, 3.63) is 29.3 Å². The number of fused-ring (bicyclic) bond motifs is 2. The van der Waals surface area contributed by atoms with Crippen molar-refractivity contribution in [3.8, 4) is 5.75 Å². The maximum absolute atomic E-state index is 5.92. The second-order valence-electron chi connectivity index (χ2n) is 5.73. The Morgan fingerprint density at radius 1 is 1.33 bits per heavy atom. The van der Waals surface area contributed by atoms with Crippen molar-refractivity contribution in [2.24, 2.45) is 0 Å². The molecule has 0 unspecified atom stereocenters. The Hall–Kier alpha value is -1.06. The van der Waals surface area contributed by atoms with E-state index in [4.69, 9.17) is 4.74 Å². The van der Waals surface area contributed by atoms with E-state index in [1.54, 1.807) is 0 Å². The number of nitrogens with one attached hydrogen (secondary N) is 1. The van der Waals surface area contributed by atoms with Crippen LogP contribution in [-0.2, 0) is 12.0 Å². The van der Waals surface area contributed by atoms with Crippen LogP contribution in [0.4, 0.5) is 0 Å². The van der Waals surface area contributed by atoms with E-state index >= 15 is 0 Å². The number of hydrogen-bond donors (Lipinski definition) is 1. The monoisotopic (exact) mass is 246 g/mol. The van der Waals surface area contributed by atoms with Crippen LogP contribution in [0.25, 0.3) is 0 Å². The second kappa shape index (κ2) is 4.56. The molecule has 1 saturated heterocycles. The van der Waals surface area contributed by atoms with Crippen LogP contribution in [0.3, 0.4) is 0 Å². The van der Waals surface area contributed by atoms with Crippen molar-refractivity contribution in [1.29, 1.82) is 0 Å². The number of ether oxygens (including phenoxy) is 1. The molecule has 3 nitrogen and oxygen atoms in total. The van der Waals surface area contributed by atoms with Gasteiger partial charge in [0.05, 0.1) is 6.61 Å². The smallest absolute Gasteiger partial charge is 0.123 e. The predicted molar refractivity (Wildman–Crippen MR) is 73.1 cm³/mol. The molecule has 18 heavy (non-hydrogen) atoms. The molecule has 0 saturated carbocycles. The van der Waals surface area contributed by atoms with Gasteiger partial charge in [0.25, 0.3) is 0 Å². The van der Waals surface area contributed by atoms with Gasteiger partial charge in [-0.25, -0.2) is 0 Å². The van der Waals surface area contributed by atoms with Gasteiger partial charge in [-0.3, -0.25) is 0 Å². The summed E-state index contributed by atoms with van der Waals surface area (Å²) in [4.78, 5) is 2.42. The van der Waals surface area contributed by atoms with Gasteiger partial charge in [-0.15, -0.1) is 0 Å². The summed E-state index contributed by atoms with van der Waals surface area (Å²) in [6.07, 6.45) is 2.44. The zero-order chi connectivity index (χ0) is 12.6. The number of piperidine rings is 1. The highest BCUT2D eigenvalue weighted by Gasteiger charge is 2.42. The first kappa shape index (κ1) is 12.0. The van der Waals surface area contributed by atoms with Crippen molar-refractivity contribution in [2.75, 3.05) is 33.8 Å². The SMILES string of the molecule is CNCc1ccc2c(c1)C1(CCN(C)CC1)CO2. The van der Waals surface area contributed by atoms with Gasteiger partial charge in [0.15, 0.2) is 0 Å². The molecule has 0 atom stereocenters. The molecule has 1 fully saturated rings. The van der Waals surface area contributed by atoms with E-state index in [2.05, 4.69) is 35.5 Å². The summed E-state index contributed by atoms with van der Waals surface area (Å²) in [5.41, 5.74) is 3.09. The summed E-state index contributed by atoms with van der Waals surface area (Å²) in [5.74, 6) is 1.11. The lowest BCUT2D eigenvalue weighted by Crippen LogP contribution is -2.41. The quantitative estimate of drug-likeness (QED) is 0.860. The summed E-state index contributed by atoms with van der Waals surface area (Å²) in [5, 5.41) is 3.22. The van der Waals surface area contributed by atoms with Crippen molar-refractivity contribution in [2.45, 2.75) is 24.8 Å². The first-order valence-electron chi connectivity index (χ1n) is 6.83. The zero-order valence-electron chi connectivity index (χ0n) is 11.3. The number of hydrogen-bond acceptors (Lipinski definition) is 3. The zero-order valence-corrected chi connectivity index (χ0v) is 11.3. The molecule has 2 aliphatic rings. The average Bonchev–Trinajstić information content (AvgIpc) is 2.73. The Labute approximate surface area is 109 Å². The minimum absolute atomic E-state index is 0.283. The Kier molecular flexibility index (Phi) is 3.04. The minimum atomic E-state index is 0.283. The minimum Gasteiger partial charge on any atom is -0.492 e. The van der Waals surface area contributed by atoms with Crippen LogP contribution >= 0.6 is 0 Å². The molecule has 1 aromatic carbocycles. The van der Waals surface area contributed by atoms with Crippen molar-refractivity contribution >= 4 is 0 Å². The lowest BCUT2D eigenvalue weighted by Gasteiger charge is -2.36. The van der Waals surface area contributed by atoms with Crippen LogP contribution in [0.5, 0.6) is 5.75 Å². The summed E-state index contributed by atoms with van der Waals surface area (Å²) in [7, 11) is 4.20. The van der Waals surface area contributed by atoms with Gasteiger partial charge in [0.2, 0.25) is 0 Å². The Morgan fingerprint density at radius 3 is 2.83 bits per heavy atom. The van der Waals surface area contributed by atoms with Crippen LogP contribution in [0.2, 0.25) is 0 Å². The molecule has 0 amide bonds. The van der Waals surface area contributed by atoms with Crippen LogP contribution in [0.1, 0.15) is 24.0 Å². The van der Waals surface area contributed by atoms with Crippen LogP contribution in [0, 0.1) is 0 Å². The Morgan fingerprint density at radius 2 is 2.11 bits per heavy atom. The fraction of sp³-hybridized carbons (Fsp3) is 0.600. The third-order valence-electron chi connectivity index (χ3n) is 4.44. The number of likely N-dealkylation sites (tertiary alicyclic amines) is 1. The molecular weight excluding hydrogens is 224 g/mol. The average molecular weight is 246 g/mol. The molecule has 1 aromatic rings. The summed E-state index contributed by atoms with van der Waals surface area (Å²) >= 11 is 0. The van der Waals surface area contributed by atoms with Gasteiger partial charge >= 0.3 is 0 Å². The van der Waals surface area contributed by atoms with Gasteiger partial charge in [0.1, 0.15) is 5.75 Å². The van der Waals surface area contributed by atoms with Crippen LogP contribution < -0.4 is 10.1 Å². The van der Waals surface area contributed by atoms with E-state index in [0.717, 1.165) is 18.9 Å². The van der Waals surface area contributed by atoms with E-state index < -0.39 is 0 Å².